The van der Waals surface area contributed by atoms with E-state index in [0.29, 0.717) is 22.1 Å². The molecule has 0 heterocycles. The lowest BCUT2D eigenvalue weighted by atomic mass is 10.1. The number of hydrogen-bond acceptors (Lipinski definition) is 4. The van der Waals surface area contributed by atoms with Gasteiger partial charge in [0.1, 0.15) is 11.5 Å². The second-order valence-electron chi connectivity index (χ2n) is 6.97. The van der Waals surface area contributed by atoms with Gasteiger partial charge >= 0.3 is 5.97 Å². The number of benzene rings is 3. The summed E-state index contributed by atoms with van der Waals surface area (Å²) in [6.45, 7) is 5.56. The molecule has 0 spiro atoms. The minimum absolute atomic E-state index is 0.235. The second kappa shape index (κ2) is 9.46. The largest absolute Gasteiger partial charge is 0.482 e. The molecular weight excluding hydrogens is 402 g/mol. The van der Waals surface area contributed by atoms with Gasteiger partial charge in [-0.3, -0.25) is 4.79 Å². The molecule has 30 heavy (non-hydrogen) atoms. The average Bonchev–Trinajstić information content (AvgIpc) is 2.71. The van der Waals surface area contributed by atoms with E-state index in [1.807, 2.05) is 39.0 Å². The molecule has 6 heteroatoms. The number of aryl methyl sites for hydroxylation is 3. The Labute approximate surface area is 180 Å². The summed E-state index contributed by atoms with van der Waals surface area (Å²) in [5.41, 5.74) is 4.20. The zero-order valence-corrected chi connectivity index (χ0v) is 17.7. The van der Waals surface area contributed by atoms with E-state index >= 15 is 0 Å². The molecule has 0 aromatic heterocycles. The van der Waals surface area contributed by atoms with Gasteiger partial charge in [-0.25, -0.2) is 4.79 Å². The number of nitrogens with one attached hydrogen (secondary N) is 1. The molecule has 0 aliphatic heterocycles. The molecule has 154 valence electrons. The smallest absolute Gasteiger partial charge is 0.349 e. The molecule has 0 saturated carbocycles. The normalized spacial score (nSPS) is 10.4. The van der Waals surface area contributed by atoms with Crippen molar-refractivity contribution in [2.24, 2.45) is 0 Å². The predicted octanol–water partition coefficient (Wildman–Crippen LogP) is 5.50. The topological polar surface area (TPSA) is 64.6 Å². The Morgan fingerprint density at radius 3 is 2.23 bits per heavy atom. The van der Waals surface area contributed by atoms with Gasteiger partial charge in [0.05, 0.1) is 0 Å². The zero-order chi connectivity index (χ0) is 21.7. The highest BCUT2D eigenvalue weighted by atomic mass is 35.5. The van der Waals surface area contributed by atoms with Crippen molar-refractivity contribution in [3.63, 3.8) is 0 Å². The molecule has 0 fully saturated rings. The summed E-state index contributed by atoms with van der Waals surface area (Å²) in [7, 11) is 0. The summed E-state index contributed by atoms with van der Waals surface area (Å²) in [6.07, 6.45) is 0. The number of halogens is 1. The van der Waals surface area contributed by atoms with Gasteiger partial charge in [-0.2, -0.15) is 0 Å². The molecule has 1 N–H and O–H groups in total. The maximum absolute atomic E-state index is 12.4. The lowest BCUT2D eigenvalue weighted by Gasteiger charge is -2.10. The molecule has 1 amide bonds. The number of hydrogen-bond donors (Lipinski definition) is 1. The van der Waals surface area contributed by atoms with Crippen LogP contribution in [0.2, 0.25) is 5.02 Å². The van der Waals surface area contributed by atoms with Crippen LogP contribution in [0.3, 0.4) is 0 Å². The van der Waals surface area contributed by atoms with Crippen LogP contribution in [-0.2, 0) is 4.79 Å². The van der Waals surface area contributed by atoms with Crippen LogP contribution in [0.1, 0.15) is 27.0 Å². The van der Waals surface area contributed by atoms with Crippen molar-refractivity contribution in [2.45, 2.75) is 20.8 Å². The van der Waals surface area contributed by atoms with Gasteiger partial charge in [-0.1, -0.05) is 29.3 Å². The summed E-state index contributed by atoms with van der Waals surface area (Å²) in [4.78, 5) is 24.5. The Bertz CT molecular complexity index is 1080. The number of esters is 1. The van der Waals surface area contributed by atoms with Gasteiger partial charge in [-0.05, 0) is 80.4 Å². The maximum Gasteiger partial charge on any atom is 0.349 e. The molecule has 5 nitrogen and oxygen atoms in total. The van der Waals surface area contributed by atoms with Crippen molar-refractivity contribution in [3.8, 4) is 11.5 Å². The van der Waals surface area contributed by atoms with Gasteiger partial charge in [-0.15, -0.1) is 0 Å². The first-order chi connectivity index (χ1) is 14.3. The van der Waals surface area contributed by atoms with E-state index in [1.165, 1.54) is 0 Å². The SMILES string of the molecule is Cc1ccc(NC(=O)c2ccc(OC(=O)COc3ccc(Cl)c(C)c3)cc2)c(C)c1. The first-order valence-electron chi connectivity index (χ1n) is 9.40. The summed E-state index contributed by atoms with van der Waals surface area (Å²) >= 11 is 5.97. The van der Waals surface area contributed by atoms with Crippen molar-refractivity contribution >= 4 is 29.2 Å². The molecule has 3 aromatic rings. The molecular formula is C24H22ClNO4. The van der Waals surface area contributed by atoms with Crippen LogP contribution in [0.4, 0.5) is 5.69 Å². The highest BCUT2D eigenvalue weighted by molar-refractivity contribution is 6.31. The van der Waals surface area contributed by atoms with Crippen molar-refractivity contribution < 1.29 is 19.1 Å². The quantitative estimate of drug-likeness (QED) is 0.420. The molecule has 0 atom stereocenters. The van der Waals surface area contributed by atoms with Crippen LogP contribution in [0, 0.1) is 20.8 Å². The average molecular weight is 424 g/mol. The Morgan fingerprint density at radius 2 is 1.57 bits per heavy atom. The lowest BCUT2D eigenvalue weighted by molar-refractivity contribution is -0.136. The third-order valence-corrected chi connectivity index (χ3v) is 4.89. The summed E-state index contributed by atoms with van der Waals surface area (Å²) in [5.74, 6) is 0.0857. The first kappa shape index (κ1) is 21.4. The number of carbonyl (C=O) groups excluding carboxylic acids is 2. The number of carbonyl (C=O) groups is 2. The Hall–Kier alpha value is -3.31. The lowest BCUT2D eigenvalue weighted by Crippen LogP contribution is -2.18. The first-order valence-corrected chi connectivity index (χ1v) is 9.78. The van der Waals surface area contributed by atoms with Crippen LogP contribution in [0.5, 0.6) is 11.5 Å². The third-order valence-electron chi connectivity index (χ3n) is 4.46. The fourth-order valence-corrected chi connectivity index (χ4v) is 2.95. The maximum atomic E-state index is 12.4. The van der Waals surface area contributed by atoms with E-state index in [1.54, 1.807) is 42.5 Å². The van der Waals surface area contributed by atoms with Gasteiger partial charge in [0.15, 0.2) is 6.61 Å². The zero-order valence-electron chi connectivity index (χ0n) is 17.0. The summed E-state index contributed by atoms with van der Waals surface area (Å²) < 4.78 is 10.7. The van der Waals surface area contributed by atoms with Gasteiger partial charge < -0.3 is 14.8 Å². The molecule has 3 rings (SSSR count). The third kappa shape index (κ3) is 5.61. The Kier molecular flexibility index (Phi) is 6.75. The van der Waals surface area contributed by atoms with Crippen LogP contribution >= 0.6 is 11.6 Å². The number of anilines is 1. The highest BCUT2D eigenvalue weighted by Crippen LogP contribution is 2.21. The van der Waals surface area contributed by atoms with E-state index < -0.39 is 5.97 Å². The van der Waals surface area contributed by atoms with Gasteiger partial charge in [0.25, 0.3) is 5.91 Å². The Balaban J connectivity index is 1.55. The van der Waals surface area contributed by atoms with E-state index in [0.717, 1.165) is 22.4 Å². The summed E-state index contributed by atoms with van der Waals surface area (Å²) in [6, 6.07) is 17.3. The van der Waals surface area contributed by atoms with Crippen molar-refractivity contribution in [1.82, 2.24) is 0 Å². The van der Waals surface area contributed by atoms with Crippen molar-refractivity contribution in [1.29, 1.82) is 0 Å². The molecule has 0 aliphatic carbocycles. The van der Waals surface area contributed by atoms with E-state index in [9.17, 15) is 9.59 Å². The van der Waals surface area contributed by atoms with Crippen LogP contribution in [-0.4, -0.2) is 18.5 Å². The minimum atomic E-state index is -0.546. The standard InChI is InChI=1S/C24H22ClNO4/c1-15-4-11-22(17(3)12-15)26-24(28)18-5-7-19(8-6-18)30-23(27)14-29-20-9-10-21(25)16(2)13-20/h4-13H,14H2,1-3H3,(H,26,28). The minimum Gasteiger partial charge on any atom is -0.482 e. The van der Waals surface area contributed by atoms with Crippen LogP contribution in [0.15, 0.2) is 60.7 Å². The van der Waals surface area contributed by atoms with Crippen LogP contribution in [0.25, 0.3) is 0 Å². The molecule has 0 unspecified atom stereocenters. The number of amides is 1. The number of rotatable bonds is 6. The molecule has 3 aromatic carbocycles. The van der Waals surface area contributed by atoms with Crippen molar-refractivity contribution in [2.75, 3.05) is 11.9 Å². The monoisotopic (exact) mass is 423 g/mol. The number of ether oxygens (including phenoxy) is 2. The fraction of sp³-hybridized carbons (Fsp3) is 0.167. The highest BCUT2D eigenvalue weighted by Gasteiger charge is 2.10. The van der Waals surface area contributed by atoms with Gasteiger partial charge in [0.2, 0.25) is 0 Å². The molecule has 0 bridgehead atoms. The van der Waals surface area contributed by atoms with E-state index in [-0.39, 0.29) is 12.5 Å². The molecule has 0 radical (unpaired) electrons. The molecule has 0 saturated heterocycles. The van der Waals surface area contributed by atoms with E-state index in [4.69, 9.17) is 21.1 Å². The summed E-state index contributed by atoms with van der Waals surface area (Å²) in [5, 5.41) is 3.52. The fourth-order valence-electron chi connectivity index (χ4n) is 2.83. The second-order valence-corrected chi connectivity index (χ2v) is 7.38. The van der Waals surface area contributed by atoms with Gasteiger partial charge in [0, 0.05) is 16.3 Å². The predicted molar refractivity (Wildman–Crippen MR) is 118 cm³/mol. The Morgan fingerprint density at radius 1 is 0.867 bits per heavy atom. The van der Waals surface area contributed by atoms with Crippen molar-refractivity contribution in [3.05, 3.63) is 87.9 Å². The van der Waals surface area contributed by atoms with Crippen LogP contribution < -0.4 is 14.8 Å². The molecule has 0 aliphatic rings. The van der Waals surface area contributed by atoms with E-state index in [2.05, 4.69) is 5.32 Å².